The predicted octanol–water partition coefficient (Wildman–Crippen LogP) is 2.37. The second-order valence-corrected chi connectivity index (χ2v) is 3.98. The van der Waals surface area contributed by atoms with E-state index in [0.29, 0.717) is 41.8 Å². The van der Waals surface area contributed by atoms with Gasteiger partial charge in [-0.1, -0.05) is 11.6 Å². The van der Waals surface area contributed by atoms with Crippen LogP contribution in [0.1, 0.15) is 6.92 Å². The minimum Gasteiger partial charge on any atom is -0.475 e. The number of halogens is 2. The molecular weight excluding hydrogens is 251 g/mol. The van der Waals surface area contributed by atoms with Gasteiger partial charge in [-0.3, -0.25) is 0 Å². The van der Waals surface area contributed by atoms with Gasteiger partial charge in [0.15, 0.2) is 0 Å². The molecule has 0 radical (unpaired) electrons. The number of rotatable bonds is 4. The average molecular weight is 263 g/mol. The van der Waals surface area contributed by atoms with Crippen molar-refractivity contribution in [3.05, 3.63) is 22.1 Å². The van der Waals surface area contributed by atoms with E-state index in [1.54, 1.807) is 14.0 Å². The van der Waals surface area contributed by atoms with Crippen molar-refractivity contribution in [1.29, 1.82) is 5.26 Å². The quantitative estimate of drug-likeness (QED) is 0.577. The van der Waals surface area contributed by atoms with Crippen molar-refractivity contribution in [1.82, 2.24) is 4.42 Å². The highest BCUT2D eigenvalue weighted by atomic mass is 35.5. The van der Waals surface area contributed by atoms with Crippen molar-refractivity contribution in [2.75, 3.05) is 26.9 Å². The predicted molar refractivity (Wildman–Crippen MR) is 61.6 cm³/mol. The molecule has 0 bridgehead atoms. The standard InChI is InChI=1S/C10H12Cl2N2O2/c1-7-8(5-13)6-14(12)10(9(7)11)16-4-3-15-2/h3-4,6H2,1-2H3. The molecule has 1 heterocycles. The molecule has 4 nitrogen and oxygen atoms in total. The lowest BCUT2D eigenvalue weighted by atomic mass is 10.1. The van der Waals surface area contributed by atoms with E-state index >= 15 is 0 Å². The topological polar surface area (TPSA) is 45.5 Å². The van der Waals surface area contributed by atoms with E-state index in [2.05, 4.69) is 6.07 Å². The van der Waals surface area contributed by atoms with Gasteiger partial charge in [0.2, 0.25) is 5.88 Å². The lowest BCUT2D eigenvalue weighted by Crippen LogP contribution is -2.24. The molecule has 0 aromatic rings. The summed E-state index contributed by atoms with van der Waals surface area (Å²) < 4.78 is 11.5. The summed E-state index contributed by atoms with van der Waals surface area (Å²) in [6, 6.07) is 2.06. The monoisotopic (exact) mass is 262 g/mol. The van der Waals surface area contributed by atoms with Crippen molar-refractivity contribution in [2.45, 2.75) is 6.92 Å². The van der Waals surface area contributed by atoms with Crippen LogP contribution in [-0.4, -0.2) is 31.3 Å². The Morgan fingerprint density at radius 3 is 2.75 bits per heavy atom. The van der Waals surface area contributed by atoms with Crippen LogP contribution in [0.5, 0.6) is 0 Å². The summed E-state index contributed by atoms with van der Waals surface area (Å²) in [7, 11) is 1.58. The Morgan fingerprint density at radius 2 is 2.19 bits per heavy atom. The van der Waals surface area contributed by atoms with E-state index < -0.39 is 0 Å². The Kier molecular flexibility index (Phi) is 4.94. The zero-order chi connectivity index (χ0) is 12.1. The van der Waals surface area contributed by atoms with Gasteiger partial charge in [-0.25, -0.2) is 4.42 Å². The van der Waals surface area contributed by atoms with Gasteiger partial charge in [0.25, 0.3) is 0 Å². The highest BCUT2D eigenvalue weighted by Gasteiger charge is 2.24. The first kappa shape index (κ1) is 13.2. The Morgan fingerprint density at radius 1 is 1.50 bits per heavy atom. The molecule has 0 spiro atoms. The zero-order valence-electron chi connectivity index (χ0n) is 9.09. The van der Waals surface area contributed by atoms with Gasteiger partial charge < -0.3 is 9.47 Å². The molecule has 0 N–H and O–H groups in total. The van der Waals surface area contributed by atoms with Crippen LogP contribution in [0.4, 0.5) is 0 Å². The maximum absolute atomic E-state index is 8.86. The van der Waals surface area contributed by atoms with Crippen LogP contribution in [0, 0.1) is 11.3 Å². The summed E-state index contributed by atoms with van der Waals surface area (Å²) in [5, 5.41) is 9.23. The molecule has 1 aliphatic heterocycles. The van der Waals surface area contributed by atoms with Gasteiger partial charge in [-0.05, 0) is 12.5 Å². The second kappa shape index (κ2) is 6.00. The first-order valence-electron chi connectivity index (χ1n) is 4.66. The van der Waals surface area contributed by atoms with Gasteiger partial charge in [0.1, 0.15) is 11.6 Å². The summed E-state index contributed by atoms with van der Waals surface area (Å²) in [4.78, 5) is 0. The Balaban J connectivity index is 2.85. The summed E-state index contributed by atoms with van der Waals surface area (Å²) in [5.41, 5.74) is 1.24. The molecule has 0 aromatic carbocycles. The Bertz CT molecular complexity index is 372. The largest absolute Gasteiger partial charge is 0.475 e. The van der Waals surface area contributed by atoms with Crippen molar-refractivity contribution in [3.63, 3.8) is 0 Å². The van der Waals surface area contributed by atoms with E-state index in [0.717, 1.165) is 0 Å². The van der Waals surface area contributed by atoms with Crippen LogP contribution >= 0.6 is 23.4 Å². The summed E-state index contributed by atoms with van der Waals surface area (Å²) in [6.07, 6.45) is 0. The average Bonchev–Trinajstić information content (AvgIpc) is 2.28. The maximum atomic E-state index is 8.86. The number of hydrogen-bond acceptors (Lipinski definition) is 4. The van der Waals surface area contributed by atoms with Gasteiger partial charge >= 0.3 is 0 Å². The van der Waals surface area contributed by atoms with Gasteiger partial charge in [-0.15, -0.1) is 0 Å². The molecule has 0 atom stereocenters. The van der Waals surface area contributed by atoms with Crippen LogP contribution in [-0.2, 0) is 9.47 Å². The van der Waals surface area contributed by atoms with Crippen LogP contribution < -0.4 is 0 Å². The van der Waals surface area contributed by atoms with E-state index in [9.17, 15) is 0 Å². The summed E-state index contributed by atoms with van der Waals surface area (Å²) in [6.45, 7) is 2.87. The summed E-state index contributed by atoms with van der Waals surface area (Å²) >= 11 is 12.0. The second-order valence-electron chi connectivity index (χ2n) is 3.20. The molecule has 1 aliphatic rings. The van der Waals surface area contributed by atoms with E-state index in [4.69, 9.17) is 38.1 Å². The van der Waals surface area contributed by atoms with Crippen LogP contribution in [0.3, 0.4) is 0 Å². The van der Waals surface area contributed by atoms with Crippen LogP contribution in [0.15, 0.2) is 22.1 Å². The Hall–Kier alpha value is -0.890. The molecular formula is C10H12Cl2N2O2. The molecule has 6 heteroatoms. The number of nitriles is 1. The summed E-state index contributed by atoms with van der Waals surface area (Å²) in [5.74, 6) is 0.372. The normalized spacial score (nSPS) is 16.6. The number of allylic oxidation sites excluding steroid dienone is 2. The molecule has 16 heavy (non-hydrogen) atoms. The van der Waals surface area contributed by atoms with Crippen molar-refractivity contribution < 1.29 is 9.47 Å². The molecule has 0 saturated carbocycles. The third kappa shape index (κ3) is 2.82. The maximum Gasteiger partial charge on any atom is 0.224 e. The lowest BCUT2D eigenvalue weighted by Gasteiger charge is -2.25. The molecule has 0 fully saturated rings. The first-order valence-corrected chi connectivity index (χ1v) is 5.38. The minimum absolute atomic E-state index is 0.294. The van der Waals surface area contributed by atoms with Crippen LogP contribution in [0.2, 0.25) is 0 Å². The lowest BCUT2D eigenvalue weighted by molar-refractivity contribution is 0.0861. The van der Waals surface area contributed by atoms with E-state index in [1.807, 2.05) is 0 Å². The van der Waals surface area contributed by atoms with Crippen molar-refractivity contribution in [3.8, 4) is 6.07 Å². The fourth-order valence-electron chi connectivity index (χ4n) is 1.20. The first-order chi connectivity index (χ1) is 7.61. The smallest absolute Gasteiger partial charge is 0.224 e. The van der Waals surface area contributed by atoms with Crippen molar-refractivity contribution in [2.24, 2.45) is 0 Å². The molecule has 0 aliphatic carbocycles. The molecule has 0 saturated heterocycles. The molecule has 0 aromatic heterocycles. The molecule has 1 rings (SSSR count). The third-order valence-electron chi connectivity index (χ3n) is 2.15. The molecule has 88 valence electrons. The minimum atomic E-state index is 0.294. The number of nitrogens with zero attached hydrogens (tertiary/aromatic N) is 2. The number of hydrogen-bond donors (Lipinski definition) is 0. The highest BCUT2D eigenvalue weighted by molar-refractivity contribution is 6.33. The fraction of sp³-hybridized carbons (Fsp3) is 0.500. The van der Waals surface area contributed by atoms with E-state index in [-0.39, 0.29) is 0 Å². The molecule has 0 amide bonds. The van der Waals surface area contributed by atoms with Crippen molar-refractivity contribution >= 4 is 23.4 Å². The zero-order valence-corrected chi connectivity index (χ0v) is 10.6. The van der Waals surface area contributed by atoms with Gasteiger partial charge in [0, 0.05) is 18.9 Å². The number of methoxy groups -OCH3 is 1. The van der Waals surface area contributed by atoms with Gasteiger partial charge in [-0.2, -0.15) is 5.26 Å². The van der Waals surface area contributed by atoms with E-state index in [1.165, 1.54) is 4.42 Å². The Labute approximate surface area is 105 Å². The fourth-order valence-corrected chi connectivity index (χ4v) is 1.77. The molecule has 0 unspecified atom stereocenters. The highest BCUT2D eigenvalue weighted by Crippen LogP contribution is 2.31. The van der Waals surface area contributed by atoms with Crippen LogP contribution in [0.25, 0.3) is 0 Å². The number of ether oxygens (including phenoxy) is 2. The SMILES string of the molecule is COCCOC1=C(Cl)C(C)=C(C#N)CN1Cl. The third-order valence-corrected chi connectivity index (χ3v) is 2.87. The van der Waals surface area contributed by atoms with Gasteiger partial charge in [0.05, 0.1) is 24.8 Å².